The van der Waals surface area contributed by atoms with Gasteiger partial charge in [0, 0.05) is 13.0 Å². The van der Waals surface area contributed by atoms with E-state index in [-0.39, 0.29) is 32.3 Å². The average Bonchev–Trinajstić information content (AvgIpc) is 3.07. The lowest BCUT2D eigenvalue weighted by molar-refractivity contribution is -0.153. The predicted octanol–water partition coefficient (Wildman–Crippen LogP) is 11.6. The van der Waals surface area contributed by atoms with Crippen LogP contribution in [0, 0.1) is 0 Å². The number of phosphoric ester groups is 1. The molecule has 0 aliphatic rings. The molecule has 0 aromatic heterocycles. The second kappa shape index (κ2) is 37.1. The summed E-state index contributed by atoms with van der Waals surface area (Å²) in [6.45, 7) is 4.23. The Morgan fingerprint density at radius 2 is 1.06 bits per heavy atom. The van der Waals surface area contributed by atoms with Crippen LogP contribution in [0.1, 0.15) is 187 Å². The highest BCUT2D eigenvalue weighted by Gasteiger charge is 2.25. The minimum Gasteiger partial charge on any atom is -0.498 e. The van der Waals surface area contributed by atoms with Crippen molar-refractivity contribution in [3.05, 3.63) is 24.5 Å². The van der Waals surface area contributed by atoms with E-state index in [9.17, 15) is 14.3 Å². The van der Waals surface area contributed by atoms with Gasteiger partial charge in [0.25, 0.3) is 0 Å². The molecule has 8 nitrogen and oxygen atoms in total. The number of phosphoric acid groups is 1. The number of unbranched alkanes of at least 4 members (excludes halogenated alkanes) is 23. The van der Waals surface area contributed by atoms with Crippen LogP contribution < -0.4 is 5.73 Å². The molecule has 3 N–H and O–H groups in total. The number of ether oxygens (including phenoxy) is 2. The van der Waals surface area contributed by atoms with Crippen LogP contribution in [-0.2, 0) is 27.9 Å². The minimum absolute atomic E-state index is 0.0317. The van der Waals surface area contributed by atoms with Crippen LogP contribution in [0.5, 0.6) is 0 Å². The van der Waals surface area contributed by atoms with Crippen LogP contribution in [0.15, 0.2) is 24.5 Å². The maximum atomic E-state index is 12.5. The zero-order chi connectivity index (χ0) is 35.2. The molecule has 0 rings (SSSR count). The monoisotopic (exact) mass is 702 g/mol. The molecule has 0 saturated heterocycles. The Morgan fingerprint density at radius 1 is 0.625 bits per heavy atom. The van der Waals surface area contributed by atoms with Crippen molar-refractivity contribution >= 4 is 13.8 Å². The molecule has 0 aromatic rings. The molecule has 48 heavy (non-hydrogen) atoms. The van der Waals surface area contributed by atoms with E-state index < -0.39 is 13.9 Å². The fourth-order valence-corrected chi connectivity index (χ4v) is 6.25. The van der Waals surface area contributed by atoms with Crippen molar-refractivity contribution in [3.63, 3.8) is 0 Å². The number of hydrogen-bond acceptors (Lipinski definition) is 7. The van der Waals surface area contributed by atoms with Crippen LogP contribution in [-0.4, -0.2) is 43.3 Å². The van der Waals surface area contributed by atoms with Gasteiger partial charge in [0.05, 0.1) is 19.5 Å². The summed E-state index contributed by atoms with van der Waals surface area (Å²) in [5.74, 6) is -0.360. The Bertz CT molecular complexity index is 792. The molecule has 0 amide bonds. The van der Waals surface area contributed by atoms with Gasteiger partial charge in [0.2, 0.25) is 0 Å². The average molecular weight is 702 g/mol. The largest absolute Gasteiger partial charge is 0.498 e. The van der Waals surface area contributed by atoms with Crippen LogP contribution >= 0.6 is 7.82 Å². The normalized spacial score (nSPS) is 13.8. The maximum Gasteiger partial charge on any atom is 0.472 e. The van der Waals surface area contributed by atoms with Gasteiger partial charge in [-0.1, -0.05) is 148 Å². The van der Waals surface area contributed by atoms with Gasteiger partial charge in [0.1, 0.15) is 6.61 Å². The van der Waals surface area contributed by atoms with Gasteiger partial charge < -0.3 is 20.1 Å². The SMILES string of the molecule is CCCCCCCC/C=C\CCCCCCCC(=O)OC(CO/C=C\CCCCCCCCCCCCCC)COP(=O)(O)OCCN. The Morgan fingerprint density at radius 3 is 1.54 bits per heavy atom. The molecule has 9 heteroatoms. The minimum atomic E-state index is -4.29. The van der Waals surface area contributed by atoms with Crippen molar-refractivity contribution in [2.75, 3.05) is 26.4 Å². The first-order valence-corrected chi connectivity index (χ1v) is 21.4. The van der Waals surface area contributed by atoms with Gasteiger partial charge in [-0.25, -0.2) is 4.57 Å². The molecule has 2 atom stereocenters. The highest BCUT2D eigenvalue weighted by atomic mass is 31.2. The molecule has 0 saturated carbocycles. The smallest absolute Gasteiger partial charge is 0.472 e. The summed E-state index contributed by atoms with van der Waals surface area (Å²) in [5.41, 5.74) is 5.35. The quantitative estimate of drug-likeness (QED) is 0.0215. The van der Waals surface area contributed by atoms with E-state index in [4.69, 9.17) is 24.3 Å². The fraction of sp³-hybridized carbons (Fsp3) is 0.872. The van der Waals surface area contributed by atoms with E-state index in [1.54, 1.807) is 6.26 Å². The van der Waals surface area contributed by atoms with Crippen LogP contribution in [0.4, 0.5) is 0 Å². The number of hydrogen-bond donors (Lipinski definition) is 2. The van der Waals surface area contributed by atoms with Gasteiger partial charge in [-0.15, -0.1) is 0 Å². The molecule has 0 aliphatic heterocycles. The third kappa shape index (κ3) is 36.1. The summed E-state index contributed by atoms with van der Waals surface area (Å²) in [6.07, 6.45) is 39.9. The second-order valence-corrected chi connectivity index (χ2v) is 14.7. The van der Waals surface area contributed by atoms with E-state index in [0.29, 0.717) is 6.42 Å². The predicted molar refractivity (Wildman–Crippen MR) is 201 cm³/mol. The molecular formula is C39H76NO7P. The van der Waals surface area contributed by atoms with Crippen molar-refractivity contribution in [2.45, 2.75) is 193 Å². The van der Waals surface area contributed by atoms with Gasteiger partial charge in [-0.3, -0.25) is 13.8 Å². The Hall–Kier alpha value is -1.18. The van der Waals surface area contributed by atoms with Crippen molar-refractivity contribution < 1.29 is 32.8 Å². The maximum absolute atomic E-state index is 12.5. The first-order chi connectivity index (χ1) is 23.4. The molecule has 0 bridgehead atoms. The number of allylic oxidation sites excluding steroid dienone is 3. The van der Waals surface area contributed by atoms with Crippen molar-refractivity contribution in [1.82, 2.24) is 0 Å². The summed E-state index contributed by atoms with van der Waals surface area (Å²) in [7, 11) is -4.29. The fourth-order valence-electron chi connectivity index (χ4n) is 5.49. The van der Waals surface area contributed by atoms with E-state index in [1.165, 1.54) is 122 Å². The molecule has 0 heterocycles. The lowest BCUT2D eigenvalue weighted by Crippen LogP contribution is -2.27. The van der Waals surface area contributed by atoms with E-state index in [0.717, 1.165) is 44.9 Å². The van der Waals surface area contributed by atoms with Gasteiger partial charge in [0.15, 0.2) is 6.10 Å². The van der Waals surface area contributed by atoms with Gasteiger partial charge >= 0.3 is 13.8 Å². The standard InChI is InChI=1S/C39H76NO7P/c1-3-5-7-9-11-13-15-17-19-20-22-24-26-28-30-32-39(41)47-38(37-46-48(42,43)45-35-33-40)36-44-34-31-29-27-25-23-21-18-16-14-12-10-8-6-4-2/h17,19,31,34,38H,3-16,18,20-30,32-33,35-37,40H2,1-2H3,(H,42,43)/b19-17-,34-31-. The van der Waals surface area contributed by atoms with Gasteiger partial charge in [-0.05, 0) is 51.0 Å². The van der Waals surface area contributed by atoms with Crippen molar-refractivity contribution in [3.8, 4) is 0 Å². The molecule has 0 fully saturated rings. The van der Waals surface area contributed by atoms with Crippen molar-refractivity contribution in [2.24, 2.45) is 5.73 Å². The second-order valence-electron chi connectivity index (χ2n) is 13.2. The third-order valence-corrected chi connectivity index (χ3v) is 9.42. The molecule has 0 spiro atoms. The molecule has 0 radical (unpaired) electrons. The first kappa shape index (κ1) is 46.8. The van der Waals surface area contributed by atoms with Crippen LogP contribution in [0.3, 0.4) is 0 Å². The number of carbonyl (C=O) groups excluding carboxylic acids is 1. The van der Waals surface area contributed by atoms with Gasteiger partial charge in [-0.2, -0.15) is 0 Å². The van der Waals surface area contributed by atoms with E-state index >= 15 is 0 Å². The number of rotatable bonds is 38. The summed E-state index contributed by atoms with van der Waals surface area (Å²) >= 11 is 0. The van der Waals surface area contributed by atoms with Crippen LogP contribution in [0.2, 0.25) is 0 Å². The molecule has 2 unspecified atom stereocenters. The van der Waals surface area contributed by atoms with Crippen LogP contribution in [0.25, 0.3) is 0 Å². The summed E-state index contributed by atoms with van der Waals surface area (Å²) in [4.78, 5) is 22.4. The van der Waals surface area contributed by atoms with E-state index in [1.807, 2.05) is 6.08 Å². The summed E-state index contributed by atoms with van der Waals surface area (Å²) in [6, 6.07) is 0. The molecular weight excluding hydrogens is 625 g/mol. The third-order valence-electron chi connectivity index (χ3n) is 8.44. The zero-order valence-corrected chi connectivity index (χ0v) is 32.1. The lowest BCUT2D eigenvalue weighted by Gasteiger charge is -2.19. The highest BCUT2D eigenvalue weighted by Crippen LogP contribution is 2.43. The number of nitrogens with two attached hydrogens (primary N) is 1. The Kier molecular flexibility index (Phi) is 36.2. The topological polar surface area (TPSA) is 117 Å². The number of esters is 1. The summed E-state index contributed by atoms with van der Waals surface area (Å²) < 4.78 is 33.1. The molecule has 0 aliphatic carbocycles. The van der Waals surface area contributed by atoms with E-state index in [2.05, 4.69) is 26.0 Å². The Labute approximate surface area is 296 Å². The Balaban J connectivity index is 4.13. The first-order valence-electron chi connectivity index (χ1n) is 19.9. The number of carbonyl (C=O) groups is 1. The van der Waals surface area contributed by atoms with Crippen molar-refractivity contribution in [1.29, 1.82) is 0 Å². The zero-order valence-electron chi connectivity index (χ0n) is 31.2. The lowest BCUT2D eigenvalue weighted by atomic mass is 10.0. The summed E-state index contributed by atoms with van der Waals surface area (Å²) in [5, 5.41) is 0. The highest BCUT2D eigenvalue weighted by molar-refractivity contribution is 7.47. The molecule has 0 aromatic carbocycles. The molecule has 284 valence electrons.